The molecule has 1 fully saturated rings. The highest BCUT2D eigenvalue weighted by molar-refractivity contribution is 5.96. The molecule has 0 aliphatic carbocycles. The molecule has 3 aromatic rings. The first kappa shape index (κ1) is 18.2. The number of nitrogens with zero attached hydrogens (tertiary/aromatic N) is 5. The zero-order valence-corrected chi connectivity index (χ0v) is 15.8. The second kappa shape index (κ2) is 7.08. The van der Waals surface area contributed by atoms with E-state index in [0.717, 1.165) is 4.57 Å². The van der Waals surface area contributed by atoms with Crippen molar-refractivity contribution in [2.24, 2.45) is 14.1 Å². The van der Waals surface area contributed by atoms with Crippen LogP contribution < -0.4 is 16.1 Å². The molecule has 1 aliphatic heterocycles. The van der Waals surface area contributed by atoms with Crippen LogP contribution in [-0.2, 0) is 25.4 Å². The lowest BCUT2D eigenvalue weighted by atomic mass is 10.1. The zero-order chi connectivity index (χ0) is 19.8. The molecule has 0 unspecified atom stereocenters. The Labute approximate surface area is 160 Å². The number of fused-ring (bicyclic) bond motifs is 1. The molecule has 3 heterocycles. The SMILES string of the molecule is Cn1c(=O)c2nc(N3CCOCC3)n(CC(=O)c3ccccc3)c2n(C)c1=O. The summed E-state index contributed by atoms with van der Waals surface area (Å²) in [6.45, 7) is 2.24. The third-order valence-corrected chi connectivity index (χ3v) is 5.01. The third-order valence-electron chi connectivity index (χ3n) is 5.01. The first-order chi connectivity index (χ1) is 13.5. The second-order valence-corrected chi connectivity index (χ2v) is 6.76. The lowest BCUT2D eigenvalue weighted by Crippen LogP contribution is -2.38. The molecule has 146 valence electrons. The molecule has 0 bridgehead atoms. The van der Waals surface area contributed by atoms with Crippen LogP contribution in [0.4, 0.5) is 5.95 Å². The van der Waals surface area contributed by atoms with Crippen molar-refractivity contribution < 1.29 is 9.53 Å². The normalized spacial score (nSPS) is 14.6. The minimum atomic E-state index is -0.474. The van der Waals surface area contributed by atoms with Gasteiger partial charge in [-0.2, -0.15) is 0 Å². The van der Waals surface area contributed by atoms with E-state index < -0.39 is 11.2 Å². The summed E-state index contributed by atoms with van der Waals surface area (Å²) >= 11 is 0. The number of imidazole rings is 1. The second-order valence-electron chi connectivity index (χ2n) is 6.76. The summed E-state index contributed by atoms with van der Waals surface area (Å²) < 4.78 is 9.47. The van der Waals surface area contributed by atoms with Gasteiger partial charge in [0.15, 0.2) is 16.9 Å². The molecule has 1 aliphatic rings. The highest BCUT2D eigenvalue weighted by atomic mass is 16.5. The van der Waals surface area contributed by atoms with E-state index in [2.05, 4.69) is 4.98 Å². The fourth-order valence-corrected chi connectivity index (χ4v) is 3.49. The summed E-state index contributed by atoms with van der Waals surface area (Å²) in [5.74, 6) is 0.378. The molecular formula is C19H21N5O4. The molecular weight excluding hydrogens is 362 g/mol. The standard InChI is InChI=1S/C19H21N5O4/c1-21-16-15(17(26)22(2)19(21)27)20-18(23-8-10-28-11-9-23)24(16)12-14(25)13-6-4-3-5-7-13/h3-7H,8-12H2,1-2H3. The van der Waals surface area contributed by atoms with E-state index in [1.54, 1.807) is 35.9 Å². The molecule has 1 aromatic carbocycles. The Morgan fingerprint density at radius 2 is 1.75 bits per heavy atom. The van der Waals surface area contributed by atoms with Gasteiger partial charge in [0.1, 0.15) is 0 Å². The summed E-state index contributed by atoms with van der Waals surface area (Å²) in [5, 5.41) is 0. The molecule has 0 amide bonds. The number of morpholine rings is 1. The Morgan fingerprint density at radius 3 is 2.43 bits per heavy atom. The summed E-state index contributed by atoms with van der Waals surface area (Å²) in [6, 6.07) is 8.93. The Bertz CT molecular complexity index is 1150. The van der Waals surface area contributed by atoms with Crippen molar-refractivity contribution in [3.63, 3.8) is 0 Å². The predicted molar refractivity (Wildman–Crippen MR) is 104 cm³/mol. The minimum absolute atomic E-state index is 0.0202. The van der Waals surface area contributed by atoms with Gasteiger partial charge < -0.3 is 9.64 Å². The first-order valence-electron chi connectivity index (χ1n) is 9.06. The number of benzene rings is 1. The number of hydrogen-bond donors (Lipinski definition) is 0. The molecule has 2 aromatic heterocycles. The Morgan fingerprint density at radius 1 is 1.07 bits per heavy atom. The summed E-state index contributed by atoms with van der Waals surface area (Å²) in [5.41, 5.74) is 0.148. The fraction of sp³-hybridized carbons (Fsp3) is 0.368. The van der Waals surface area contributed by atoms with Gasteiger partial charge in [0.2, 0.25) is 5.95 Å². The average Bonchev–Trinajstić information content (AvgIpc) is 3.11. The number of carbonyl (C=O) groups is 1. The van der Waals surface area contributed by atoms with Crippen molar-refractivity contribution in [2.45, 2.75) is 6.54 Å². The number of rotatable bonds is 4. The number of carbonyl (C=O) groups excluding carboxylic acids is 1. The van der Waals surface area contributed by atoms with Gasteiger partial charge in [-0.05, 0) is 0 Å². The molecule has 28 heavy (non-hydrogen) atoms. The van der Waals surface area contributed by atoms with Crippen LogP contribution in [0.25, 0.3) is 11.2 Å². The van der Waals surface area contributed by atoms with Gasteiger partial charge in [-0.25, -0.2) is 9.78 Å². The molecule has 0 atom stereocenters. The maximum absolute atomic E-state index is 12.9. The quantitative estimate of drug-likeness (QED) is 0.596. The van der Waals surface area contributed by atoms with Crippen LogP contribution in [0.2, 0.25) is 0 Å². The molecule has 0 spiro atoms. The fourth-order valence-electron chi connectivity index (χ4n) is 3.49. The van der Waals surface area contributed by atoms with E-state index in [1.807, 2.05) is 11.0 Å². The average molecular weight is 383 g/mol. The Balaban J connectivity index is 1.92. The number of Topliss-reactive ketones (excluding diaryl/α,β-unsaturated/α-hetero) is 1. The molecule has 9 nitrogen and oxygen atoms in total. The van der Waals surface area contributed by atoms with Crippen LogP contribution in [-0.4, -0.2) is 50.8 Å². The molecule has 4 rings (SSSR count). The minimum Gasteiger partial charge on any atom is -0.378 e. The molecule has 0 N–H and O–H groups in total. The third kappa shape index (κ3) is 2.93. The maximum atomic E-state index is 12.9. The van der Waals surface area contributed by atoms with Gasteiger partial charge in [0.25, 0.3) is 5.56 Å². The number of anilines is 1. The van der Waals surface area contributed by atoms with Crippen LogP contribution >= 0.6 is 0 Å². The molecule has 0 radical (unpaired) electrons. The monoisotopic (exact) mass is 383 g/mol. The first-order valence-corrected chi connectivity index (χ1v) is 9.06. The van der Waals surface area contributed by atoms with Crippen molar-refractivity contribution >= 4 is 22.9 Å². The van der Waals surface area contributed by atoms with E-state index in [9.17, 15) is 14.4 Å². The van der Waals surface area contributed by atoms with E-state index in [-0.39, 0.29) is 17.8 Å². The van der Waals surface area contributed by atoms with Crippen molar-refractivity contribution in [3.8, 4) is 0 Å². The van der Waals surface area contributed by atoms with E-state index in [0.29, 0.717) is 43.5 Å². The number of ether oxygens (including phenoxy) is 1. The Hall–Kier alpha value is -3.20. The van der Waals surface area contributed by atoms with Gasteiger partial charge in [-0.3, -0.25) is 23.3 Å². The zero-order valence-electron chi connectivity index (χ0n) is 15.8. The highest BCUT2D eigenvalue weighted by Crippen LogP contribution is 2.21. The number of aryl methyl sites for hydroxylation is 1. The maximum Gasteiger partial charge on any atom is 0.332 e. The van der Waals surface area contributed by atoms with Crippen LogP contribution in [0, 0.1) is 0 Å². The number of aromatic nitrogens is 4. The predicted octanol–water partition coefficient (Wildman–Crippen LogP) is 0.153. The summed E-state index contributed by atoms with van der Waals surface area (Å²) in [4.78, 5) is 44.5. The van der Waals surface area contributed by atoms with Crippen LogP contribution in [0.1, 0.15) is 10.4 Å². The molecule has 0 saturated carbocycles. The van der Waals surface area contributed by atoms with Crippen molar-refractivity contribution in [2.75, 3.05) is 31.2 Å². The van der Waals surface area contributed by atoms with Gasteiger partial charge in [-0.1, -0.05) is 30.3 Å². The van der Waals surface area contributed by atoms with Crippen LogP contribution in [0.3, 0.4) is 0 Å². The smallest absolute Gasteiger partial charge is 0.332 e. The topological polar surface area (TPSA) is 91.4 Å². The van der Waals surface area contributed by atoms with Gasteiger partial charge in [0.05, 0.1) is 19.8 Å². The van der Waals surface area contributed by atoms with Crippen LogP contribution in [0.5, 0.6) is 0 Å². The van der Waals surface area contributed by atoms with E-state index in [4.69, 9.17) is 4.74 Å². The Kier molecular flexibility index (Phi) is 4.60. The van der Waals surface area contributed by atoms with Crippen molar-refractivity contribution in [3.05, 3.63) is 56.7 Å². The largest absolute Gasteiger partial charge is 0.378 e. The van der Waals surface area contributed by atoms with Crippen LogP contribution in [0.15, 0.2) is 39.9 Å². The summed E-state index contributed by atoms with van der Waals surface area (Å²) in [7, 11) is 3.00. The van der Waals surface area contributed by atoms with Gasteiger partial charge in [-0.15, -0.1) is 0 Å². The van der Waals surface area contributed by atoms with E-state index in [1.165, 1.54) is 11.6 Å². The van der Waals surface area contributed by atoms with Crippen molar-refractivity contribution in [1.29, 1.82) is 0 Å². The number of hydrogen-bond acceptors (Lipinski definition) is 6. The van der Waals surface area contributed by atoms with E-state index >= 15 is 0 Å². The van der Waals surface area contributed by atoms with Gasteiger partial charge >= 0.3 is 5.69 Å². The lowest BCUT2D eigenvalue weighted by molar-refractivity contribution is 0.0972. The number of ketones is 1. The highest BCUT2D eigenvalue weighted by Gasteiger charge is 2.25. The molecule has 1 saturated heterocycles. The van der Waals surface area contributed by atoms with Crippen molar-refractivity contribution in [1.82, 2.24) is 18.7 Å². The van der Waals surface area contributed by atoms with Gasteiger partial charge in [0, 0.05) is 32.7 Å². The molecule has 9 heteroatoms. The lowest BCUT2D eigenvalue weighted by Gasteiger charge is -2.28. The summed E-state index contributed by atoms with van der Waals surface area (Å²) in [6.07, 6.45) is 0.